The topological polar surface area (TPSA) is 30.5 Å². The number of hydrogen-bond acceptors (Lipinski definition) is 3. The molecule has 1 aromatic carbocycles. The maximum absolute atomic E-state index is 5.66. The van der Waals surface area contributed by atoms with Crippen LogP contribution < -0.4 is 10.1 Å². The molecule has 19 heavy (non-hydrogen) atoms. The lowest BCUT2D eigenvalue weighted by molar-refractivity contribution is 0.0337. The van der Waals surface area contributed by atoms with Crippen molar-refractivity contribution >= 4 is 0 Å². The van der Waals surface area contributed by atoms with Crippen molar-refractivity contribution < 1.29 is 9.47 Å². The van der Waals surface area contributed by atoms with Crippen molar-refractivity contribution in [1.29, 1.82) is 0 Å². The van der Waals surface area contributed by atoms with Crippen molar-refractivity contribution in [2.45, 2.75) is 39.3 Å². The SMILES string of the molecule is CCNC(Cc1cccc(OC)c1)C(OC)C(C)C. The predicted octanol–water partition coefficient (Wildman–Crippen LogP) is 2.89. The Morgan fingerprint density at radius 1 is 1.21 bits per heavy atom. The molecule has 0 aliphatic rings. The maximum Gasteiger partial charge on any atom is 0.119 e. The first-order chi connectivity index (χ1) is 9.12. The van der Waals surface area contributed by atoms with Gasteiger partial charge in [-0.2, -0.15) is 0 Å². The molecule has 0 saturated carbocycles. The second-order valence-corrected chi connectivity index (χ2v) is 5.16. The van der Waals surface area contributed by atoms with Crippen LogP contribution in [0.25, 0.3) is 0 Å². The molecule has 1 rings (SSSR count). The molecule has 0 bridgehead atoms. The summed E-state index contributed by atoms with van der Waals surface area (Å²) in [6, 6.07) is 8.57. The molecule has 0 heterocycles. The average molecular weight is 265 g/mol. The van der Waals surface area contributed by atoms with Crippen LogP contribution in [-0.4, -0.2) is 32.9 Å². The Balaban J connectivity index is 2.81. The second-order valence-electron chi connectivity index (χ2n) is 5.16. The van der Waals surface area contributed by atoms with Gasteiger partial charge >= 0.3 is 0 Å². The van der Waals surface area contributed by atoms with Gasteiger partial charge in [0.2, 0.25) is 0 Å². The first kappa shape index (κ1) is 16.0. The summed E-state index contributed by atoms with van der Waals surface area (Å²) < 4.78 is 10.9. The summed E-state index contributed by atoms with van der Waals surface area (Å²) in [4.78, 5) is 0. The van der Waals surface area contributed by atoms with E-state index in [1.165, 1.54) is 5.56 Å². The number of ether oxygens (including phenoxy) is 2. The lowest BCUT2D eigenvalue weighted by atomic mass is 9.93. The highest BCUT2D eigenvalue weighted by molar-refractivity contribution is 5.29. The Morgan fingerprint density at radius 3 is 2.47 bits per heavy atom. The minimum atomic E-state index is 0.214. The second kappa shape index (κ2) is 8.18. The van der Waals surface area contributed by atoms with E-state index < -0.39 is 0 Å². The van der Waals surface area contributed by atoms with Crippen molar-refractivity contribution in [3.05, 3.63) is 29.8 Å². The first-order valence-electron chi connectivity index (χ1n) is 7.01. The van der Waals surface area contributed by atoms with Crippen molar-refractivity contribution in [2.24, 2.45) is 5.92 Å². The largest absolute Gasteiger partial charge is 0.497 e. The maximum atomic E-state index is 5.66. The normalized spacial score (nSPS) is 14.4. The minimum absolute atomic E-state index is 0.214. The highest BCUT2D eigenvalue weighted by atomic mass is 16.5. The van der Waals surface area contributed by atoms with Gasteiger partial charge in [0.1, 0.15) is 5.75 Å². The van der Waals surface area contributed by atoms with Gasteiger partial charge < -0.3 is 14.8 Å². The van der Waals surface area contributed by atoms with E-state index in [4.69, 9.17) is 9.47 Å². The lowest BCUT2D eigenvalue weighted by Gasteiger charge is -2.30. The fourth-order valence-corrected chi connectivity index (χ4v) is 2.52. The number of methoxy groups -OCH3 is 2. The number of benzene rings is 1. The predicted molar refractivity (Wildman–Crippen MR) is 79.8 cm³/mol. The Kier molecular flexibility index (Phi) is 6.89. The Hall–Kier alpha value is -1.06. The molecule has 0 fully saturated rings. The molecule has 3 nitrogen and oxygen atoms in total. The summed E-state index contributed by atoms with van der Waals surface area (Å²) in [5.74, 6) is 1.39. The fraction of sp³-hybridized carbons (Fsp3) is 0.625. The molecule has 0 radical (unpaired) electrons. The van der Waals surface area contributed by atoms with Crippen LogP contribution in [0.5, 0.6) is 5.75 Å². The van der Waals surface area contributed by atoms with Gasteiger partial charge in [0, 0.05) is 13.2 Å². The van der Waals surface area contributed by atoms with Crippen molar-refractivity contribution in [1.82, 2.24) is 5.32 Å². The van der Waals surface area contributed by atoms with E-state index in [2.05, 4.69) is 38.2 Å². The van der Waals surface area contributed by atoms with Crippen LogP contribution in [0.4, 0.5) is 0 Å². The lowest BCUT2D eigenvalue weighted by Crippen LogP contribution is -2.45. The third-order valence-corrected chi connectivity index (χ3v) is 3.38. The summed E-state index contributed by atoms with van der Waals surface area (Å²) in [5, 5.41) is 3.54. The van der Waals surface area contributed by atoms with Gasteiger partial charge in [-0.25, -0.2) is 0 Å². The first-order valence-corrected chi connectivity index (χ1v) is 7.01. The zero-order valence-corrected chi connectivity index (χ0v) is 12.8. The highest BCUT2D eigenvalue weighted by Crippen LogP contribution is 2.18. The number of likely N-dealkylation sites (N-methyl/N-ethyl adjacent to an activating group) is 1. The van der Waals surface area contributed by atoms with Crippen molar-refractivity contribution in [2.75, 3.05) is 20.8 Å². The summed E-state index contributed by atoms with van der Waals surface area (Å²) in [5.41, 5.74) is 1.27. The van der Waals surface area contributed by atoms with E-state index in [9.17, 15) is 0 Å². The molecule has 2 unspecified atom stereocenters. The Bertz CT molecular complexity index is 366. The molecular weight excluding hydrogens is 238 g/mol. The van der Waals surface area contributed by atoms with E-state index >= 15 is 0 Å². The fourth-order valence-electron chi connectivity index (χ4n) is 2.52. The standard InChI is InChI=1S/C16H27NO2/c1-6-17-15(16(19-5)12(2)3)11-13-8-7-9-14(10-13)18-4/h7-10,12,15-17H,6,11H2,1-5H3. The highest BCUT2D eigenvalue weighted by Gasteiger charge is 2.23. The smallest absolute Gasteiger partial charge is 0.119 e. The molecule has 2 atom stereocenters. The zero-order chi connectivity index (χ0) is 14.3. The third kappa shape index (κ3) is 4.84. The van der Waals surface area contributed by atoms with E-state index in [0.717, 1.165) is 18.7 Å². The molecule has 0 aliphatic heterocycles. The van der Waals surface area contributed by atoms with Crippen LogP contribution in [0.1, 0.15) is 26.3 Å². The van der Waals surface area contributed by atoms with Crippen LogP contribution in [0.15, 0.2) is 24.3 Å². The van der Waals surface area contributed by atoms with E-state index in [1.807, 2.05) is 12.1 Å². The van der Waals surface area contributed by atoms with Crippen LogP contribution >= 0.6 is 0 Å². The van der Waals surface area contributed by atoms with Gasteiger partial charge in [-0.3, -0.25) is 0 Å². The van der Waals surface area contributed by atoms with Gasteiger partial charge in [-0.15, -0.1) is 0 Å². The molecule has 0 saturated heterocycles. The van der Waals surface area contributed by atoms with Crippen molar-refractivity contribution in [3.8, 4) is 5.75 Å². The zero-order valence-electron chi connectivity index (χ0n) is 12.8. The average Bonchev–Trinajstić information content (AvgIpc) is 2.39. The molecule has 1 aromatic rings. The van der Waals surface area contributed by atoms with Gasteiger partial charge in [0.05, 0.1) is 13.2 Å². The quantitative estimate of drug-likeness (QED) is 0.784. The number of nitrogens with one attached hydrogen (secondary N) is 1. The minimum Gasteiger partial charge on any atom is -0.497 e. The molecule has 0 amide bonds. The van der Waals surface area contributed by atoms with E-state index in [0.29, 0.717) is 12.0 Å². The van der Waals surface area contributed by atoms with Gasteiger partial charge in [-0.1, -0.05) is 32.9 Å². The molecule has 0 aromatic heterocycles. The number of hydrogen-bond donors (Lipinski definition) is 1. The molecule has 0 aliphatic carbocycles. The van der Waals surface area contributed by atoms with Crippen LogP contribution in [-0.2, 0) is 11.2 Å². The van der Waals surface area contributed by atoms with Crippen LogP contribution in [0, 0.1) is 5.92 Å². The molecule has 1 N–H and O–H groups in total. The Morgan fingerprint density at radius 2 is 1.95 bits per heavy atom. The van der Waals surface area contributed by atoms with Gasteiger partial charge in [-0.05, 0) is 36.6 Å². The Labute approximate surface area is 117 Å². The molecule has 0 spiro atoms. The van der Waals surface area contributed by atoms with E-state index in [1.54, 1.807) is 14.2 Å². The van der Waals surface area contributed by atoms with Crippen molar-refractivity contribution in [3.63, 3.8) is 0 Å². The van der Waals surface area contributed by atoms with Crippen LogP contribution in [0.2, 0.25) is 0 Å². The summed E-state index contributed by atoms with van der Waals surface area (Å²) in [7, 11) is 3.49. The van der Waals surface area contributed by atoms with Gasteiger partial charge in [0.15, 0.2) is 0 Å². The number of rotatable bonds is 8. The summed E-state index contributed by atoms with van der Waals surface area (Å²) in [6.45, 7) is 7.47. The molecule has 3 heteroatoms. The van der Waals surface area contributed by atoms with E-state index in [-0.39, 0.29) is 6.10 Å². The molecule has 108 valence electrons. The molecular formula is C16H27NO2. The third-order valence-electron chi connectivity index (χ3n) is 3.38. The van der Waals surface area contributed by atoms with Gasteiger partial charge in [0.25, 0.3) is 0 Å². The summed E-state index contributed by atoms with van der Waals surface area (Å²) >= 11 is 0. The summed E-state index contributed by atoms with van der Waals surface area (Å²) in [6.07, 6.45) is 1.16. The monoisotopic (exact) mass is 265 g/mol. The van der Waals surface area contributed by atoms with Crippen LogP contribution in [0.3, 0.4) is 0 Å².